The van der Waals surface area contributed by atoms with Crippen LogP contribution < -0.4 is 10.1 Å². The smallest absolute Gasteiger partial charge is 0.241 e. The SMILES string of the molecule is CCOc1cccc(NC(=O)C(C#N)CC)c1. The molecule has 1 aromatic rings. The normalized spacial score (nSPS) is 11.4. The Labute approximate surface area is 101 Å². The van der Waals surface area contributed by atoms with Crippen molar-refractivity contribution in [1.29, 1.82) is 5.26 Å². The number of hydrogen-bond donors (Lipinski definition) is 1. The number of benzene rings is 1. The summed E-state index contributed by atoms with van der Waals surface area (Å²) >= 11 is 0. The van der Waals surface area contributed by atoms with Gasteiger partial charge < -0.3 is 10.1 Å². The molecule has 1 N–H and O–H groups in total. The highest BCUT2D eigenvalue weighted by atomic mass is 16.5. The van der Waals surface area contributed by atoms with Gasteiger partial charge in [0.05, 0.1) is 12.7 Å². The van der Waals surface area contributed by atoms with Crippen molar-refractivity contribution < 1.29 is 9.53 Å². The van der Waals surface area contributed by atoms with E-state index in [0.717, 1.165) is 0 Å². The van der Waals surface area contributed by atoms with E-state index < -0.39 is 5.92 Å². The van der Waals surface area contributed by atoms with E-state index in [1.807, 2.05) is 26.0 Å². The fourth-order valence-electron chi connectivity index (χ4n) is 1.39. The Kier molecular flexibility index (Phi) is 5.02. The molecule has 0 radical (unpaired) electrons. The van der Waals surface area contributed by atoms with Gasteiger partial charge in [-0.2, -0.15) is 5.26 Å². The van der Waals surface area contributed by atoms with Crippen LogP contribution in [-0.4, -0.2) is 12.5 Å². The number of anilines is 1. The molecule has 1 aromatic carbocycles. The van der Waals surface area contributed by atoms with E-state index in [1.165, 1.54) is 0 Å². The molecule has 4 nitrogen and oxygen atoms in total. The first-order valence-electron chi connectivity index (χ1n) is 5.64. The minimum atomic E-state index is -0.606. The van der Waals surface area contributed by atoms with Crippen LogP contribution in [0.4, 0.5) is 5.69 Å². The Bertz CT molecular complexity index is 424. The van der Waals surface area contributed by atoms with E-state index >= 15 is 0 Å². The van der Waals surface area contributed by atoms with Crippen molar-refractivity contribution in [2.45, 2.75) is 20.3 Å². The molecule has 0 aliphatic heterocycles. The molecule has 0 saturated heterocycles. The molecule has 1 unspecified atom stereocenters. The molecule has 0 bridgehead atoms. The van der Waals surface area contributed by atoms with Gasteiger partial charge in [0.2, 0.25) is 5.91 Å². The van der Waals surface area contributed by atoms with Crippen LogP contribution >= 0.6 is 0 Å². The summed E-state index contributed by atoms with van der Waals surface area (Å²) in [6.45, 7) is 4.28. The first-order valence-corrected chi connectivity index (χ1v) is 5.64. The third kappa shape index (κ3) is 3.80. The zero-order chi connectivity index (χ0) is 12.7. The number of nitrogens with one attached hydrogen (secondary N) is 1. The number of nitrogens with zero attached hydrogens (tertiary/aromatic N) is 1. The molecule has 0 saturated carbocycles. The van der Waals surface area contributed by atoms with E-state index in [-0.39, 0.29) is 5.91 Å². The summed E-state index contributed by atoms with van der Waals surface area (Å²) in [5, 5.41) is 11.5. The van der Waals surface area contributed by atoms with Crippen molar-refractivity contribution in [3.63, 3.8) is 0 Å². The summed E-state index contributed by atoms with van der Waals surface area (Å²) in [6.07, 6.45) is 0.507. The van der Waals surface area contributed by atoms with Crippen molar-refractivity contribution >= 4 is 11.6 Å². The van der Waals surface area contributed by atoms with Gasteiger partial charge in [-0.3, -0.25) is 4.79 Å². The Morgan fingerprint density at radius 1 is 1.53 bits per heavy atom. The van der Waals surface area contributed by atoms with Gasteiger partial charge in [-0.15, -0.1) is 0 Å². The maximum Gasteiger partial charge on any atom is 0.241 e. The van der Waals surface area contributed by atoms with Crippen LogP contribution in [0.2, 0.25) is 0 Å². The predicted octanol–water partition coefficient (Wildman–Crippen LogP) is 2.57. The first-order chi connectivity index (χ1) is 8.21. The highest BCUT2D eigenvalue weighted by molar-refractivity contribution is 5.94. The fourth-order valence-corrected chi connectivity index (χ4v) is 1.39. The van der Waals surface area contributed by atoms with E-state index in [2.05, 4.69) is 5.32 Å². The molecular formula is C13H16N2O2. The lowest BCUT2D eigenvalue weighted by Gasteiger charge is -2.09. The molecule has 0 spiro atoms. The molecule has 0 fully saturated rings. The summed E-state index contributed by atoms with van der Waals surface area (Å²) in [5.74, 6) is -0.176. The molecule has 90 valence electrons. The molecule has 0 aromatic heterocycles. The lowest BCUT2D eigenvalue weighted by molar-refractivity contribution is -0.118. The molecule has 0 aliphatic carbocycles. The number of carbonyl (C=O) groups is 1. The quantitative estimate of drug-likeness (QED) is 0.848. The third-order valence-corrected chi connectivity index (χ3v) is 2.29. The van der Waals surface area contributed by atoms with E-state index in [9.17, 15) is 4.79 Å². The molecule has 1 amide bonds. The Hall–Kier alpha value is -2.02. The molecule has 0 heterocycles. The second-order valence-corrected chi connectivity index (χ2v) is 3.54. The van der Waals surface area contributed by atoms with Gasteiger partial charge in [0, 0.05) is 11.8 Å². The van der Waals surface area contributed by atoms with Gasteiger partial charge in [-0.25, -0.2) is 0 Å². The minimum absolute atomic E-state index is 0.274. The highest BCUT2D eigenvalue weighted by Crippen LogP contribution is 2.18. The second kappa shape index (κ2) is 6.54. The molecule has 17 heavy (non-hydrogen) atoms. The summed E-state index contributed by atoms with van der Waals surface area (Å²) in [6, 6.07) is 9.10. The van der Waals surface area contributed by atoms with Crippen LogP contribution in [0.25, 0.3) is 0 Å². The maximum atomic E-state index is 11.7. The maximum absolute atomic E-state index is 11.7. The van der Waals surface area contributed by atoms with Crippen LogP contribution in [-0.2, 0) is 4.79 Å². The number of nitriles is 1. The average molecular weight is 232 g/mol. The zero-order valence-electron chi connectivity index (χ0n) is 10.1. The van der Waals surface area contributed by atoms with Gasteiger partial charge in [-0.1, -0.05) is 13.0 Å². The Morgan fingerprint density at radius 2 is 2.29 bits per heavy atom. The van der Waals surface area contributed by atoms with Crippen LogP contribution in [0, 0.1) is 17.2 Å². The number of rotatable bonds is 5. The number of hydrogen-bond acceptors (Lipinski definition) is 3. The number of ether oxygens (including phenoxy) is 1. The van der Waals surface area contributed by atoms with Gasteiger partial charge >= 0.3 is 0 Å². The summed E-state index contributed by atoms with van der Waals surface area (Å²) in [7, 11) is 0. The Morgan fingerprint density at radius 3 is 2.88 bits per heavy atom. The lowest BCUT2D eigenvalue weighted by atomic mass is 10.1. The van der Waals surface area contributed by atoms with Gasteiger partial charge in [0.25, 0.3) is 0 Å². The predicted molar refractivity (Wildman–Crippen MR) is 65.6 cm³/mol. The number of carbonyl (C=O) groups excluding carboxylic acids is 1. The van der Waals surface area contributed by atoms with Crippen molar-refractivity contribution in [2.75, 3.05) is 11.9 Å². The van der Waals surface area contributed by atoms with E-state index in [0.29, 0.717) is 24.5 Å². The molecular weight excluding hydrogens is 216 g/mol. The lowest BCUT2D eigenvalue weighted by Crippen LogP contribution is -2.20. The fraction of sp³-hybridized carbons (Fsp3) is 0.385. The summed E-state index contributed by atoms with van der Waals surface area (Å²) in [5.41, 5.74) is 0.648. The minimum Gasteiger partial charge on any atom is -0.494 e. The number of amides is 1. The summed E-state index contributed by atoms with van der Waals surface area (Å²) in [4.78, 5) is 11.7. The van der Waals surface area contributed by atoms with Gasteiger partial charge in [0.15, 0.2) is 0 Å². The largest absolute Gasteiger partial charge is 0.494 e. The van der Waals surface area contributed by atoms with Crippen molar-refractivity contribution in [3.8, 4) is 11.8 Å². The van der Waals surface area contributed by atoms with Crippen molar-refractivity contribution in [1.82, 2.24) is 0 Å². The monoisotopic (exact) mass is 232 g/mol. The van der Waals surface area contributed by atoms with Crippen LogP contribution in [0.1, 0.15) is 20.3 Å². The molecule has 0 aliphatic rings. The second-order valence-electron chi connectivity index (χ2n) is 3.54. The zero-order valence-corrected chi connectivity index (χ0v) is 10.1. The summed E-state index contributed by atoms with van der Waals surface area (Å²) < 4.78 is 5.32. The standard InChI is InChI=1S/C13H16N2O2/c1-3-10(9-14)13(16)15-11-6-5-7-12(8-11)17-4-2/h5-8,10H,3-4H2,1-2H3,(H,15,16). The van der Waals surface area contributed by atoms with Crippen molar-refractivity contribution in [3.05, 3.63) is 24.3 Å². The van der Waals surface area contributed by atoms with Crippen molar-refractivity contribution in [2.24, 2.45) is 5.92 Å². The third-order valence-electron chi connectivity index (χ3n) is 2.29. The Balaban J connectivity index is 2.71. The average Bonchev–Trinajstić information content (AvgIpc) is 2.31. The first kappa shape index (κ1) is 13.0. The molecule has 1 atom stereocenters. The van der Waals surface area contributed by atoms with E-state index in [4.69, 9.17) is 10.00 Å². The van der Waals surface area contributed by atoms with Crippen LogP contribution in [0.3, 0.4) is 0 Å². The van der Waals surface area contributed by atoms with Crippen LogP contribution in [0.15, 0.2) is 24.3 Å². The van der Waals surface area contributed by atoms with E-state index in [1.54, 1.807) is 18.2 Å². The topological polar surface area (TPSA) is 62.1 Å². The van der Waals surface area contributed by atoms with Gasteiger partial charge in [0.1, 0.15) is 11.7 Å². The molecule has 1 rings (SSSR count). The molecule has 4 heteroatoms. The van der Waals surface area contributed by atoms with Gasteiger partial charge in [-0.05, 0) is 25.5 Å². The van der Waals surface area contributed by atoms with Crippen LogP contribution in [0.5, 0.6) is 5.75 Å². The highest BCUT2D eigenvalue weighted by Gasteiger charge is 2.15.